The van der Waals surface area contributed by atoms with Gasteiger partial charge in [-0.1, -0.05) is 64.5 Å². The van der Waals surface area contributed by atoms with Gasteiger partial charge >= 0.3 is 6.09 Å². The smallest absolute Gasteiger partial charge is 0.407 e. The molecule has 2 aromatic carbocycles. The highest BCUT2D eigenvalue weighted by molar-refractivity contribution is 9.09. The number of alkyl carbamates (subject to hydrolysis) is 1. The van der Waals surface area contributed by atoms with Crippen molar-refractivity contribution in [2.24, 2.45) is 0 Å². The fourth-order valence-corrected chi connectivity index (χ4v) is 4.36. The molecule has 0 saturated carbocycles. The number of rotatable bonds is 22. The third kappa shape index (κ3) is 11.9. The maximum absolute atomic E-state index is 12.2. The summed E-state index contributed by atoms with van der Waals surface area (Å²) in [6.45, 7) is 6.89. The van der Waals surface area contributed by atoms with Crippen LogP contribution < -0.4 is 5.32 Å². The molecule has 0 spiro atoms. The number of ether oxygens (including phenoxy) is 7. The first-order chi connectivity index (χ1) is 19.3. The monoisotopic (exact) mass is 609 g/mol. The van der Waals surface area contributed by atoms with E-state index >= 15 is 0 Å². The van der Waals surface area contributed by atoms with E-state index in [4.69, 9.17) is 33.2 Å². The predicted octanol–water partition coefficient (Wildman–Crippen LogP) is 4.02. The predicted molar refractivity (Wildman–Crippen MR) is 152 cm³/mol. The standard InChI is InChI=1S/C29H40BrNO8/c30-9-11-33-13-15-35-17-19-37-21-22-38-20-18-36-16-14-34-12-10-31-29(32)39-23-28-26-7-3-1-5-24(26)25-6-2-4-8-27(25)28/h1-8,28H,9-23H2,(H,31,32). The molecule has 1 N–H and O–H groups in total. The Morgan fingerprint density at radius 2 is 1.03 bits per heavy atom. The lowest BCUT2D eigenvalue weighted by atomic mass is 9.98. The Kier molecular flexibility index (Phi) is 16.1. The van der Waals surface area contributed by atoms with Gasteiger partial charge in [-0.15, -0.1) is 0 Å². The van der Waals surface area contributed by atoms with Crippen molar-refractivity contribution in [3.8, 4) is 11.1 Å². The zero-order valence-electron chi connectivity index (χ0n) is 22.4. The summed E-state index contributed by atoms with van der Waals surface area (Å²) in [5.74, 6) is 0.0484. The molecule has 0 aliphatic heterocycles. The van der Waals surface area contributed by atoms with E-state index in [2.05, 4.69) is 45.5 Å². The van der Waals surface area contributed by atoms with E-state index in [0.29, 0.717) is 92.4 Å². The Labute approximate surface area is 239 Å². The summed E-state index contributed by atoms with van der Waals surface area (Å²) in [5, 5.41) is 3.57. The number of carbonyl (C=O) groups excluding carboxylic acids is 1. The molecule has 1 aliphatic carbocycles. The molecule has 0 heterocycles. The molecule has 10 heteroatoms. The Morgan fingerprint density at radius 1 is 0.615 bits per heavy atom. The van der Waals surface area contributed by atoms with E-state index in [0.717, 1.165) is 5.33 Å². The Bertz CT molecular complexity index is 902. The molecule has 1 aliphatic rings. The van der Waals surface area contributed by atoms with E-state index in [1.165, 1.54) is 22.3 Å². The first-order valence-corrected chi connectivity index (χ1v) is 14.5. The van der Waals surface area contributed by atoms with Gasteiger partial charge in [0.15, 0.2) is 0 Å². The minimum atomic E-state index is -0.444. The second-order valence-corrected chi connectivity index (χ2v) is 9.41. The van der Waals surface area contributed by atoms with E-state index in [1.807, 2.05) is 24.3 Å². The second-order valence-electron chi connectivity index (χ2n) is 8.62. The molecule has 0 aromatic heterocycles. The minimum absolute atomic E-state index is 0.0484. The molecule has 0 radical (unpaired) electrons. The van der Waals surface area contributed by atoms with Gasteiger partial charge < -0.3 is 38.5 Å². The average Bonchev–Trinajstić information content (AvgIpc) is 3.28. The van der Waals surface area contributed by atoms with E-state index in [-0.39, 0.29) is 5.92 Å². The van der Waals surface area contributed by atoms with E-state index in [1.54, 1.807) is 0 Å². The molecule has 0 atom stereocenters. The second kappa shape index (κ2) is 19.9. The van der Waals surface area contributed by atoms with Gasteiger partial charge in [0.2, 0.25) is 0 Å². The highest BCUT2D eigenvalue weighted by atomic mass is 79.9. The van der Waals surface area contributed by atoms with Crippen LogP contribution in [0.4, 0.5) is 4.79 Å². The van der Waals surface area contributed by atoms with Gasteiger partial charge in [-0.2, -0.15) is 0 Å². The maximum atomic E-state index is 12.2. The molecule has 2 aromatic rings. The van der Waals surface area contributed by atoms with Crippen molar-refractivity contribution >= 4 is 22.0 Å². The van der Waals surface area contributed by atoms with Crippen LogP contribution in [0.15, 0.2) is 48.5 Å². The van der Waals surface area contributed by atoms with Crippen LogP contribution in [0.1, 0.15) is 17.0 Å². The van der Waals surface area contributed by atoms with Crippen molar-refractivity contribution in [1.82, 2.24) is 5.32 Å². The summed E-state index contributed by atoms with van der Waals surface area (Å²) >= 11 is 3.30. The number of hydrogen-bond acceptors (Lipinski definition) is 8. The molecular weight excluding hydrogens is 570 g/mol. The number of benzene rings is 2. The van der Waals surface area contributed by atoms with Crippen molar-refractivity contribution in [3.63, 3.8) is 0 Å². The third-order valence-corrected chi connectivity index (χ3v) is 6.26. The largest absolute Gasteiger partial charge is 0.449 e. The van der Waals surface area contributed by atoms with Crippen LogP contribution in [0, 0.1) is 0 Å². The topological polar surface area (TPSA) is 93.7 Å². The Morgan fingerprint density at radius 3 is 1.49 bits per heavy atom. The van der Waals surface area contributed by atoms with Crippen molar-refractivity contribution in [1.29, 1.82) is 0 Å². The van der Waals surface area contributed by atoms with Crippen molar-refractivity contribution in [2.45, 2.75) is 5.92 Å². The molecule has 0 fully saturated rings. The number of amides is 1. The number of carbonyl (C=O) groups is 1. The number of halogens is 1. The summed E-state index contributed by atoms with van der Waals surface area (Å²) in [5.41, 5.74) is 4.80. The highest BCUT2D eigenvalue weighted by Gasteiger charge is 2.28. The van der Waals surface area contributed by atoms with Crippen LogP contribution >= 0.6 is 15.9 Å². The molecule has 0 saturated heterocycles. The molecule has 0 unspecified atom stereocenters. The van der Waals surface area contributed by atoms with Crippen molar-refractivity contribution < 1.29 is 38.0 Å². The molecular formula is C29H40BrNO8. The lowest BCUT2D eigenvalue weighted by Crippen LogP contribution is -2.29. The average molecular weight is 611 g/mol. The van der Waals surface area contributed by atoms with Crippen LogP contribution in [-0.2, 0) is 33.2 Å². The summed E-state index contributed by atoms with van der Waals surface area (Å²) in [6, 6.07) is 16.5. The Hall–Kier alpha value is -2.05. The first-order valence-electron chi connectivity index (χ1n) is 13.4. The Balaban J connectivity index is 1.09. The molecule has 0 bridgehead atoms. The SMILES string of the molecule is O=C(NCCOCCOCCOCCOCCOCCOCCBr)OCC1c2ccccc2-c2ccccc21. The van der Waals surface area contributed by atoms with Gasteiger partial charge in [-0.3, -0.25) is 0 Å². The molecule has 1 amide bonds. The number of nitrogens with one attached hydrogen (secondary N) is 1. The van der Waals surface area contributed by atoms with E-state index in [9.17, 15) is 4.79 Å². The van der Waals surface area contributed by atoms with Crippen molar-refractivity contribution in [2.75, 3.05) is 97.8 Å². The van der Waals surface area contributed by atoms with Crippen LogP contribution in [0.2, 0.25) is 0 Å². The van der Waals surface area contributed by atoms with Gasteiger partial charge in [0.1, 0.15) is 6.61 Å². The number of fused-ring (bicyclic) bond motifs is 3. The van der Waals surface area contributed by atoms with Crippen LogP contribution in [0.25, 0.3) is 11.1 Å². The lowest BCUT2D eigenvalue weighted by Gasteiger charge is -2.14. The van der Waals surface area contributed by atoms with Crippen LogP contribution in [0.3, 0.4) is 0 Å². The first kappa shape index (κ1) is 31.5. The third-order valence-electron chi connectivity index (χ3n) is 5.94. The van der Waals surface area contributed by atoms with Gasteiger partial charge in [-0.05, 0) is 22.3 Å². The molecule has 216 valence electrons. The zero-order valence-corrected chi connectivity index (χ0v) is 24.0. The van der Waals surface area contributed by atoms with Gasteiger partial charge in [0.05, 0.1) is 79.3 Å². The van der Waals surface area contributed by atoms with Gasteiger partial charge in [-0.25, -0.2) is 4.79 Å². The fourth-order valence-electron chi connectivity index (χ4n) is 4.13. The molecule has 3 rings (SSSR count). The van der Waals surface area contributed by atoms with Gasteiger partial charge in [0, 0.05) is 17.8 Å². The lowest BCUT2D eigenvalue weighted by molar-refractivity contribution is -0.0159. The fraction of sp³-hybridized carbons (Fsp3) is 0.552. The molecule has 9 nitrogen and oxygen atoms in total. The quantitative estimate of drug-likeness (QED) is 0.158. The maximum Gasteiger partial charge on any atom is 0.407 e. The zero-order chi connectivity index (χ0) is 27.4. The normalized spacial score (nSPS) is 12.3. The summed E-state index contributed by atoms with van der Waals surface area (Å²) in [4.78, 5) is 12.2. The van der Waals surface area contributed by atoms with Gasteiger partial charge in [0.25, 0.3) is 0 Å². The number of alkyl halides is 1. The summed E-state index contributed by atoms with van der Waals surface area (Å²) < 4.78 is 38.0. The molecule has 39 heavy (non-hydrogen) atoms. The summed E-state index contributed by atoms with van der Waals surface area (Å²) in [6.07, 6.45) is -0.444. The van der Waals surface area contributed by atoms with Crippen molar-refractivity contribution in [3.05, 3.63) is 59.7 Å². The number of hydrogen-bond donors (Lipinski definition) is 1. The minimum Gasteiger partial charge on any atom is -0.449 e. The van der Waals surface area contributed by atoms with Crippen LogP contribution in [0.5, 0.6) is 0 Å². The summed E-state index contributed by atoms with van der Waals surface area (Å²) in [7, 11) is 0. The van der Waals surface area contributed by atoms with Crippen LogP contribution in [-0.4, -0.2) is 104 Å². The highest BCUT2D eigenvalue weighted by Crippen LogP contribution is 2.44. The van der Waals surface area contributed by atoms with E-state index < -0.39 is 6.09 Å².